The van der Waals surface area contributed by atoms with Crippen molar-refractivity contribution in [2.24, 2.45) is 0 Å². The molecular weight excluding hydrogens is 564 g/mol. The molecule has 0 bridgehead atoms. The fourth-order valence-electron chi connectivity index (χ4n) is 4.97. The Labute approximate surface area is 244 Å². The van der Waals surface area contributed by atoms with E-state index in [-0.39, 0.29) is 29.4 Å². The lowest BCUT2D eigenvalue weighted by Gasteiger charge is -2.49. The van der Waals surface area contributed by atoms with E-state index in [1.807, 2.05) is 78.2 Å². The minimum atomic E-state index is -1.69. The number of hydrogen-bond acceptors (Lipinski definition) is 8. The van der Waals surface area contributed by atoms with E-state index in [2.05, 4.69) is 5.32 Å². The van der Waals surface area contributed by atoms with Crippen LogP contribution in [0.15, 0.2) is 89.4 Å². The van der Waals surface area contributed by atoms with Gasteiger partial charge in [-0.1, -0.05) is 66.7 Å². The zero-order valence-corrected chi connectivity index (χ0v) is 24.0. The van der Waals surface area contributed by atoms with Gasteiger partial charge in [0.2, 0.25) is 11.3 Å². The van der Waals surface area contributed by atoms with Crippen LogP contribution in [-0.2, 0) is 46.2 Å². The highest BCUT2D eigenvalue weighted by Gasteiger charge is 2.61. The quantitative estimate of drug-likeness (QED) is 0.230. The smallest absolute Gasteiger partial charge is 0.356 e. The van der Waals surface area contributed by atoms with Crippen LogP contribution in [0.2, 0.25) is 0 Å². The number of carbonyl (C=O) groups excluding carboxylic acids is 4. The second-order valence-electron chi connectivity index (χ2n) is 9.66. The summed E-state index contributed by atoms with van der Waals surface area (Å²) in [4.78, 5) is 53.8. The van der Waals surface area contributed by atoms with E-state index < -0.39 is 52.6 Å². The van der Waals surface area contributed by atoms with Gasteiger partial charge in [0.05, 0.1) is 12.0 Å². The second-order valence-corrected chi connectivity index (χ2v) is 12.2. The Hall–Kier alpha value is -3.93. The summed E-state index contributed by atoms with van der Waals surface area (Å²) in [7, 11) is 0. The van der Waals surface area contributed by atoms with Crippen LogP contribution in [-0.4, -0.2) is 56.5 Å². The number of hydrogen-bond donors (Lipinski definition) is 1. The molecule has 9 nitrogen and oxygen atoms in total. The summed E-state index contributed by atoms with van der Waals surface area (Å²) < 4.78 is 24.8. The molecule has 0 saturated carbocycles. The number of thiophene rings is 1. The monoisotopic (exact) mass is 592 g/mol. The van der Waals surface area contributed by atoms with Gasteiger partial charge in [0.25, 0.3) is 5.91 Å². The molecule has 2 aliphatic rings. The summed E-state index contributed by atoms with van der Waals surface area (Å²) in [6.45, 7) is 2.78. The van der Waals surface area contributed by atoms with Gasteiger partial charge in [-0.05, 0) is 40.7 Å². The van der Waals surface area contributed by atoms with Gasteiger partial charge in [-0.3, -0.25) is 19.3 Å². The Kier molecular flexibility index (Phi) is 8.57. The molecule has 0 spiro atoms. The van der Waals surface area contributed by atoms with Crippen molar-refractivity contribution in [3.63, 3.8) is 0 Å². The minimum Gasteiger partial charge on any atom is -0.614 e. The Balaban J connectivity index is 1.46. The zero-order chi connectivity index (χ0) is 29.1. The van der Waals surface area contributed by atoms with Gasteiger partial charge in [0.15, 0.2) is 12.1 Å². The molecule has 1 N–H and O–H groups in total. The molecule has 212 valence electrons. The van der Waals surface area contributed by atoms with Crippen molar-refractivity contribution < 1.29 is 33.2 Å². The van der Waals surface area contributed by atoms with Gasteiger partial charge in [-0.2, -0.15) is 0 Å². The number of β-lactam (4-membered cyclic amide) rings is 1. The average molecular weight is 593 g/mol. The molecule has 5 rings (SSSR count). The number of fused-ring (bicyclic) bond motifs is 1. The maximum Gasteiger partial charge on any atom is 0.356 e. The third kappa shape index (κ3) is 6.07. The van der Waals surface area contributed by atoms with Gasteiger partial charge in [0, 0.05) is 11.8 Å². The molecule has 1 saturated heterocycles. The molecule has 3 heterocycles. The number of nitrogens with one attached hydrogen (secondary N) is 1. The standard InChI is InChI=1S/C30H28N2O7S2/c1-18(38-19(2)33)23-17-41(37)29-25(31-24(34)16-22-14-9-15-40-22)28(35)32(29)26(23)30(36)39-27(20-10-5-3-6-11-20)21-12-7-4-8-13-21/h3-15,18,25,27,29H,16-17H2,1-2H3,(H,31,34)/t18?,25-,29-,41?/m1/s1. The fourth-order valence-corrected chi connectivity index (χ4v) is 7.45. The lowest BCUT2D eigenvalue weighted by Crippen LogP contribution is -2.75. The molecule has 4 atom stereocenters. The van der Waals surface area contributed by atoms with E-state index in [9.17, 15) is 23.7 Å². The molecule has 2 aromatic carbocycles. The first-order valence-corrected chi connectivity index (χ1v) is 15.2. The number of ether oxygens (including phenoxy) is 2. The third-order valence-electron chi connectivity index (χ3n) is 6.84. The SMILES string of the molecule is CC(=O)OC(C)C1=C(C(=O)OC(c2ccccc2)c2ccccc2)N2C(=O)[C@@H](NC(=O)Cc3cccs3)[C@H]2[S+]([O-])C1. The van der Waals surface area contributed by atoms with Crippen molar-refractivity contribution in [2.75, 3.05) is 5.75 Å². The van der Waals surface area contributed by atoms with Gasteiger partial charge in [0.1, 0.15) is 17.6 Å². The number of amides is 2. The van der Waals surface area contributed by atoms with E-state index in [1.54, 1.807) is 6.92 Å². The normalized spacial score (nSPS) is 20.6. The van der Waals surface area contributed by atoms with Gasteiger partial charge < -0.3 is 19.3 Å². The molecule has 1 fully saturated rings. The average Bonchev–Trinajstić information content (AvgIpc) is 3.47. The Morgan fingerprint density at radius 2 is 1.66 bits per heavy atom. The van der Waals surface area contributed by atoms with Crippen molar-refractivity contribution in [1.82, 2.24) is 10.2 Å². The summed E-state index contributed by atoms with van der Waals surface area (Å²) in [5.41, 5.74) is 1.53. The number of esters is 2. The Bertz CT molecular complexity index is 1420. The number of nitrogens with zero attached hydrogens (tertiary/aromatic N) is 1. The van der Waals surface area contributed by atoms with Crippen molar-refractivity contribution in [1.29, 1.82) is 0 Å². The maximum atomic E-state index is 13.9. The predicted octanol–water partition coefficient (Wildman–Crippen LogP) is 3.24. The number of benzene rings is 2. The molecule has 41 heavy (non-hydrogen) atoms. The van der Waals surface area contributed by atoms with Gasteiger partial charge in [-0.15, -0.1) is 11.3 Å². The summed E-state index contributed by atoms with van der Waals surface area (Å²) in [5.74, 6) is -2.52. The number of rotatable bonds is 9. The maximum absolute atomic E-state index is 13.9. The summed E-state index contributed by atoms with van der Waals surface area (Å²) >= 11 is -0.269. The van der Waals surface area contributed by atoms with Crippen LogP contribution in [0.4, 0.5) is 0 Å². The van der Waals surface area contributed by atoms with Crippen LogP contribution in [0.1, 0.15) is 36.0 Å². The van der Waals surface area contributed by atoms with Crippen LogP contribution in [0, 0.1) is 0 Å². The fraction of sp³-hybridized carbons (Fsp3) is 0.267. The molecular formula is C30H28N2O7S2. The summed E-state index contributed by atoms with van der Waals surface area (Å²) in [5, 5.41) is 3.57. The van der Waals surface area contributed by atoms with Crippen LogP contribution in [0.5, 0.6) is 0 Å². The molecule has 2 aliphatic heterocycles. The van der Waals surface area contributed by atoms with Crippen molar-refractivity contribution in [3.05, 3.63) is 105 Å². The Morgan fingerprint density at radius 1 is 1.02 bits per heavy atom. The van der Waals surface area contributed by atoms with E-state index >= 15 is 0 Å². The summed E-state index contributed by atoms with van der Waals surface area (Å²) in [6.07, 6.45) is -1.66. The molecule has 2 amide bonds. The molecule has 11 heteroatoms. The molecule has 3 aromatic rings. The highest BCUT2D eigenvalue weighted by molar-refractivity contribution is 7.92. The van der Waals surface area contributed by atoms with E-state index in [4.69, 9.17) is 9.47 Å². The van der Waals surface area contributed by atoms with Gasteiger partial charge >= 0.3 is 11.9 Å². The largest absolute Gasteiger partial charge is 0.614 e. The summed E-state index contributed by atoms with van der Waals surface area (Å²) in [6, 6.07) is 20.9. The van der Waals surface area contributed by atoms with Crippen molar-refractivity contribution in [2.45, 2.75) is 43.9 Å². The highest BCUT2D eigenvalue weighted by Crippen LogP contribution is 2.40. The van der Waals surface area contributed by atoms with Crippen LogP contribution < -0.4 is 5.32 Å². The first-order valence-electron chi connectivity index (χ1n) is 13.0. The molecule has 0 radical (unpaired) electrons. The van der Waals surface area contributed by atoms with Crippen LogP contribution in [0.3, 0.4) is 0 Å². The molecule has 1 aromatic heterocycles. The topological polar surface area (TPSA) is 125 Å². The van der Waals surface area contributed by atoms with E-state index in [1.165, 1.54) is 18.3 Å². The van der Waals surface area contributed by atoms with Crippen LogP contribution in [0.25, 0.3) is 0 Å². The lowest BCUT2D eigenvalue weighted by molar-refractivity contribution is -0.155. The first-order chi connectivity index (χ1) is 19.7. The zero-order valence-electron chi connectivity index (χ0n) is 22.4. The van der Waals surface area contributed by atoms with E-state index in [0.717, 1.165) is 9.78 Å². The molecule has 0 aliphatic carbocycles. The molecule has 2 unspecified atom stereocenters. The van der Waals surface area contributed by atoms with Crippen molar-refractivity contribution >= 4 is 46.3 Å². The minimum absolute atomic E-state index is 0.0795. The number of carbonyl (C=O) groups is 4. The highest BCUT2D eigenvalue weighted by atomic mass is 32.2. The second kappa shape index (κ2) is 12.3. The lowest BCUT2D eigenvalue weighted by atomic mass is 9.99. The van der Waals surface area contributed by atoms with Crippen molar-refractivity contribution in [3.8, 4) is 0 Å². The Morgan fingerprint density at radius 3 is 2.22 bits per heavy atom. The van der Waals surface area contributed by atoms with E-state index in [0.29, 0.717) is 11.1 Å². The third-order valence-corrected chi connectivity index (χ3v) is 9.34. The predicted molar refractivity (Wildman–Crippen MR) is 153 cm³/mol. The first kappa shape index (κ1) is 28.6. The van der Waals surface area contributed by atoms with Gasteiger partial charge in [-0.25, -0.2) is 4.79 Å². The van der Waals surface area contributed by atoms with Crippen LogP contribution >= 0.6 is 11.3 Å².